The lowest BCUT2D eigenvalue weighted by Gasteiger charge is -2.08. The molecular weight excluding hydrogens is 281 g/mol. The van der Waals surface area contributed by atoms with Gasteiger partial charge in [-0.3, -0.25) is 0 Å². The first-order valence-corrected chi connectivity index (χ1v) is 6.86. The van der Waals surface area contributed by atoms with Crippen molar-refractivity contribution < 1.29 is 4.74 Å². The fraction of sp³-hybridized carbons (Fsp3) is 0.200. The molecular formula is C15H15Cl2NO. The van der Waals surface area contributed by atoms with Crippen molar-refractivity contribution in [2.75, 3.05) is 6.54 Å². The first-order chi connectivity index (χ1) is 9.17. The molecule has 0 amide bonds. The van der Waals surface area contributed by atoms with Crippen LogP contribution in [0.15, 0.2) is 42.5 Å². The zero-order valence-electron chi connectivity index (χ0n) is 10.4. The lowest BCUT2D eigenvalue weighted by molar-refractivity contribution is 0.482. The number of hydrogen-bond donors (Lipinski definition) is 1. The highest BCUT2D eigenvalue weighted by atomic mass is 35.5. The number of rotatable bonds is 5. The molecule has 4 heteroatoms. The largest absolute Gasteiger partial charge is 0.457 e. The number of aryl methyl sites for hydroxylation is 1. The summed E-state index contributed by atoms with van der Waals surface area (Å²) in [7, 11) is 0. The Labute approximate surface area is 123 Å². The lowest BCUT2D eigenvalue weighted by Crippen LogP contribution is -2.00. The fourth-order valence-electron chi connectivity index (χ4n) is 1.79. The van der Waals surface area contributed by atoms with Crippen molar-refractivity contribution >= 4 is 23.2 Å². The molecule has 0 saturated heterocycles. The quantitative estimate of drug-likeness (QED) is 0.869. The van der Waals surface area contributed by atoms with E-state index in [1.54, 1.807) is 18.2 Å². The van der Waals surface area contributed by atoms with Gasteiger partial charge in [-0.25, -0.2) is 0 Å². The topological polar surface area (TPSA) is 35.2 Å². The van der Waals surface area contributed by atoms with E-state index in [2.05, 4.69) is 6.07 Å². The lowest BCUT2D eigenvalue weighted by atomic mass is 10.1. The van der Waals surface area contributed by atoms with Crippen molar-refractivity contribution in [1.29, 1.82) is 0 Å². The fourth-order valence-corrected chi connectivity index (χ4v) is 2.30. The van der Waals surface area contributed by atoms with Crippen LogP contribution in [0.2, 0.25) is 10.0 Å². The van der Waals surface area contributed by atoms with Gasteiger partial charge >= 0.3 is 0 Å². The molecule has 0 unspecified atom stereocenters. The normalized spacial score (nSPS) is 10.5. The van der Waals surface area contributed by atoms with E-state index < -0.39 is 0 Å². The molecule has 2 aromatic rings. The Bertz CT molecular complexity index is 537. The summed E-state index contributed by atoms with van der Waals surface area (Å²) in [6, 6.07) is 13.1. The Morgan fingerprint density at radius 1 is 0.947 bits per heavy atom. The summed E-state index contributed by atoms with van der Waals surface area (Å²) < 4.78 is 5.76. The van der Waals surface area contributed by atoms with Crippen molar-refractivity contribution in [3.8, 4) is 11.5 Å². The smallest absolute Gasteiger partial charge is 0.130 e. The van der Waals surface area contributed by atoms with Crippen LogP contribution < -0.4 is 10.5 Å². The first kappa shape index (κ1) is 14.2. The Kier molecular flexibility index (Phi) is 5.08. The second-order valence-corrected chi connectivity index (χ2v) is 5.12. The summed E-state index contributed by atoms with van der Waals surface area (Å²) in [4.78, 5) is 0. The van der Waals surface area contributed by atoms with Crippen LogP contribution in [0.4, 0.5) is 0 Å². The van der Waals surface area contributed by atoms with E-state index in [1.165, 1.54) is 5.56 Å². The molecule has 19 heavy (non-hydrogen) atoms. The molecule has 2 rings (SSSR count). The summed E-state index contributed by atoms with van der Waals surface area (Å²) in [5.74, 6) is 1.40. The number of benzene rings is 2. The average molecular weight is 296 g/mol. The molecule has 0 aromatic heterocycles. The van der Waals surface area contributed by atoms with E-state index >= 15 is 0 Å². The number of ether oxygens (including phenoxy) is 1. The molecule has 0 heterocycles. The summed E-state index contributed by atoms with van der Waals surface area (Å²) >= 11 is 11.9. The summed E-state index contributed by atoms with van der Waals surface area (Å²) in [5, 5.41) is 1.11. The van der Waals surface area contributed by atoms with Gasteiger partial charge in [-0.1, -0.05) is 35.3 Å². The average Bonchev–Trinajstić information content (AvgIpc) is 2.35. The third-order valence-electron chi connectivity index (χ3n) is 2.64. The molecule has 0 atom stereocenters. The number of nitrogens with two attached hydrogens (primary N) is 1. The third kappa shape index (κ3) is 4.43. The van der Waals surface area contributed by atoms with Crippen molar-refractivity contribution in [3.05, 3.63) is 58.1 Å². The van der Waals surface area contributed by atoms with Gasteiger partial charge in [0.2, 0.25) is 0 Å². The van der Waals surface area contributed by atoms with Crippen LogP contribution in [0, 0.1) is 0 Å². The Balaban J connectivity index is 2.13. The highest BCUT2D eigenvalue weighted by Crippen LogP contribution is 2.28. The Morgan fingerprint density at radius 3 is 2.37 bits per heavy atom. The second kappa shape index (κ2) is 6.80. The minimum atomic E-state index is 0.557. The maximum Gasteiger partial charge on any atom is 0.130 e. The Hall–Kier alpha value is -1.22. The molecule has 2 N–H and O–H groups in total. The van der Waals surface area contributed by atoms with E-state index in [0.29, 0.717) is 22.3 Å². The summed E-state index contributed by atoms with van der Waals surface area (Å²) in [6.45, 7) is 0.689. The molecule has 0 spiro atoms. The molecule has 0 aliphatic heterocycles. The van der Waals surface area contributed by atoms with Gasteiger partial charge in [-0.2, -0.15) is 0 Å². The van der Waals surface area contributed by atoms with E-state index in [1.807, 2.05) is 18.2 Å². The third-order valence-corrected chi connectivity index (χ3v) is 3.08. The highest BCUT2D eigenvalue weighted by Gasteiger charge is 2.02. The maximum atomic E-state index is 5.94. The second-order valence-electron chi connectivity index (χ2n) is 4.25. The highest BCUT2D eigenvalue weighted by molar-refractivity contribution is 6.34. The number of halogens is 2. The molecule has 0 aliphatic carbocycles. The number of hydrogen-bond acceptors (Lipinski definition) is 2. The zero-order chi connectivity index (χ0) is 13.7. The van der Waals surface area contributed by atoms with Crippen molar-refractivity contribution in [3.63, 3.8) is 0 Å². The predicted octanol–water partition coefficient (Wildman–Crippen LogP) is 4.68. The van der Waals surface area contributed by atoms with Crippen LogP contribution in [0.25, 0.3) is 0 Å². The summed E-state index contributed by atoms with van der Waals surface area (Å²) in [5.41, 5.74) is 6.72. The van der Waals surface area contributed by atoms with Gasteiger partial charge in [0.1, 0.15) is 11.5 Å². The SMILES string of the molecule is NCCCc1cccc(Oc2cc(Cl)cc(Cl)c2)c1. The maximum absolute atomic E-state index is 5.94. The van der Waals surface area contributed by atoms with Crippen LogP contribution >= 0.6 is 23.2 Å². The molecule has 0 saturated carbocycles. The van der Waals surface area contributed by atoms with E-state index in [9.17, 15) is 0 Å². The molecule has 0 radical (unpaired) electrons. The van der Waals surface area contributed by atoms with Crippen LogP contribution in [-0.2, 0) is 6.42 Å². The monoisotopic (exact) mass is 295 g/mol. The molecule has 0 aliphatic rings. The van der Waals surface area contributed by atoms with Crippen LogP contribution in [0.5, 0.6) is 11.5 Å². The standard InChI is InChI=1S/C15H15Cl2NO/c16-12-8-13(17)10-15(9-12)19-14-5-1-3-11(7-14)4-2-6-18/h1,3,5,7-10H,2,4,6,18H2. The van der Waals surface area contributed by atoms with E-state index in [4.69, 9.17) is 33.7 Å². The minimum Gasteiger partial charge on any atom is -0.457 e. The molecule has 2 aromatic carbocycles. The van der Waals surface area contributed by atoms with Gasteiger partial charge in [-0.15, -0.1) is 0 Å². The summed E-state index contributed by atoms with van der Waals surface area (Å²) in [6.07, 6.45) is 1.91. The van der Waals surface area contributed by atoms with Crippen molar-refractivity contribution in [2.24, 2.45) is 5.73 Å². The van der Waals surface area contributed by atoms with Crippen LogP contribution in [0.3, 0.4) is 0 Å². The predicted molar refractivity (Wildman–Crippen MR) is 80.4 cm³/mol. The molecule has 0 fully saturated rings. The Morgan fingerprint density at radius 2 is 1.68 bits per heavy atom. The van der Waals surface area contributed by atoms with Gasteiger partial charge in [0, 0.05) is 10.0 Å². The van der Waals surface area contributed by atoms with Crippen molar-refractivity contribution in [1.82, 2.24) is 0 Å². The molecule has 2 nitrogen and oxygen atoms in total. The first-order valence-electron chi connectivity index (χ1n) is 6.10. The van der Waals surface area contributed by atoms with Crippen LogP contribution in [-0.4, -0.2) is 6.54 Å². The van der Waals surface area contributed by atoms with Gasteiger partial charge in [0.15, 0.2) is 0 Å². The van der Waals surface area contributed by atoms with Gasteiger partial charge in [0.25, 0.3) is 0 Å². The minimum absolute atomic E-state index is 0.557. The molecule has 100 valence electrons. The van der Waals surface area contributed by atoms with Gasteiger partial charge in [-0.05, 0) is 55.3 Å². The van der Waals surface area contributed by atoms with Gasteiger partial charge < -0.3 is 10.5 Å². The van der Waals surface area contributed by atoms with Crippen LogP contribution in [0.1, 0.15) is 12.0 Å². The van der Waals surface area contributed by atoms with Crippen molar-refractivity contribution in [2.45, 2.75) is 12.8 Å². The van der Waals surface area contributed by atoms with Gasteiger partial charge in [0.05, 0.1) is 0 Å². The molecule has 0 bridgehead atoms. The van der Waals surface area contributed by atoms with E-state index in [-0.39, 0.29) is 0 Å². The zero-order valence-corrected chi connectivity index (χ0v) is 11.9. The van der Waals surface area contributed by atoms with E-state index in [0.717, 1.165) is 18.6 Å².